The molecule has 0 bridgehead atoms. The highest BCUT2D eigenvalue weighted by Crippen LogP contribution is 2.33. The first-order chi connectivity index (χ1) is 9.47. The molecule has 1 atom stereocenters. The van der Waals surface area contributed by atoms with Crippen LogP contribution in [0, 0.1) is 5.92 Å². The van der Waals surface area contributed by atoms with Crippen molar-refractivity contribution >= 4 is 40.5 Å². The van der Waals surface area contributed by atoms with Gasteiger partial charge in [0.15, 0.2) is 0 Å². The molecule has 0 saturated heterocycles. The maximum atomic E-state index is 12.0. The predicted octanol–water partition coefficient (Wildman–Crippen LogP) is 3.72. The summed E-state index contributed by atoms with van der Waals surface area (Å²) in [5.41, 5.74) is 6.50. The van der Waals surface area contributed by atoms with E-state index in [1.54, 1.807) is 13.0 Å². The number of nitrogens with two attached hydrogens (primary N) is 1. The van der Waals surface area contributed by atoms with Crippen molar-refractivity contribution in [1.29, 1.82) is 0 Å². The van der Waals surface area contributed by atoms with Crippen molar-refractivity contribution in [3.05, 3.63) is 22.2 Å². The van der Waals surface area contributed by atoms with E-state index in [9.17, 15) is 4.79 Å². The molecule has 1 aromatic carbocycles. The predicted molar refractivity (Wildman–Crippen MR) is 82.3 cm³/mol. The maximum absolute atomic E-state index is 12.0. The molecule has 3 N–H and O–H groups in total. The van der Waals surface area contributed by atoms with Gasteiger partial charge in [-0.15, -0.1) is 0 Å². The molecule has 1 fully saturated rings. The molecule has 1 aromatic rings. The SMILES string of the molecule is CC(OCCC1CC1)C(=O)Nc1c(N)cc(Cl)cc1Cl. The zero-order chi connectivity index (χ0) is 14.7. The van der Waals surface area contributed by atoms with Crippen LogP contribution < -0.4 is 11.1 Å². The van der Waals surface area contributed by atoms with Crippen molar-refractivity contribution in [2.24, 2.45) is 5.92 Å². The Bertz CT molecular complexity index is 481. The van der Waals surface area contributed by atoms with Crippen molar-refractivity contribution in [2.75, 3.05) is 17.7 Å². The fourth-order valence-corrected chi connectivity index (χ4v) is 2.40. The normalized spacial score (nSPS) is 15.9. The molecule has 0 radical (unpaired) electrons. The van der Waals surface area contributed by atoms with Gasteiger partial charge in [0.1, 0.15) is 6.10 Å². The number of hydrogen-bond acceptors (Lipinski definition) is 3. The molecule has 2 rings (SSSR count). The number of ether oxygens (including phenoxy) is 1. The van der Waals surface area contributed by atoms with Crippen LogP contribution in [0.25, 0.3) is 0 Å². The molecule has 110 valence electrons. The second kappa shape index (κ2) is 6.66. The van der Waals surface area contributed by atoms with Gasteiger partial charge in [-0.25, -0.2) is 0 Å². The van der Waals surface area contributed by atoms with Crippen molar-refractivity contribution in [3.8, 4) is 0 Å². The summed E-state index contributed by atoms with van der Waals surface area (Å²) in [5, 5.41) is 3.42. The zero-order valence-corrected chi connectivity index (χ0v) is 12.8. The Kier molecular flexibility index (Phi) is 5.13. The summed E-state index contributed by atoms with van der Waals surface area (Å²) in [5.74, 6) is 0.517. The number of carbonyl (C=O) groups excluding carboxylic acids is 1. The van der Waals surface area contributed by atoms with Gasteiger partial charge >= 0.3 is 0 Å². The molecule has 4 nitrogen and oxygen atoms in total. The molecular weight excluding hydrogens is 299 g/mol. The topological polar surface area (TPSA) is 64.3 Å². The molecule has 1 amide bonds. The fourth-order valence-electron chi connectivity index (χ4n) is 1.84. The van der Waals surface area contributed by atoms with E-state index in [0.29, 0.717) is 28.0 Å². The van der Waals surface area contributed by atoms with E-state index >= 15 is 0 Å². The highest BCUT2D eigenvalue weighted by Gasteiger charge is 2.22. The number of amides is 1. The third-order valence-corrected chi connectivity index (χ3v) is 3.81. The van der Waals surface area contributed by atoms with Crippen molar-refractivity contribution in [3.63, 3.8) is 0 Å². The molecular formula is C14H18Cl2N2O2. The van der Waals surface area contributed by atoms with E-state index in [1.165, 1.54) is 18.9 Å². The minimum absolute atomic E-state index is 0.267. The van der Waals surface area contributed by atoms with Gasteiger partial charge < -0.3 is 15.8 Å². The van der Waals surface area contributed by atoms with Crippen molar-refractivity contribution < 1.29 is 9.53 Å². The first-order valence-electron chi connectivity index (χ1n) is 6.64. The van der Waals surface area contributed by atoms with Gasteiger partial charge in [-0.05, 0) is 31.4 Å². The smallest absolute Gasteiger partial charge is 0.253 e. The Morgan fingerprint density at radius 3 is 2.80 bits per heavy atom. The number of benzene rings is 1. The molecule has 1 aliphatic carbocycles. The Morgan fingerprint density at radius 2 is 2.20 bits per heavy atom. The van der Waals surface area contributed by atoms with Crippen LogP contribution in [0.4, 0.5) is 11.4 Å². The molecule has 0 aromatic heterocycles. The number of rotatable bonds is 6. The molecule has 1 saturated carbocycles. The zero-order valence-electron chi connectivity index (χ0n) is 11.3. The lowest BCUT2D eigenvalue weighted by molar-refractivity contribution is -0.126. The summed E-state index contributed by atoms with van der Waals surface area (Å²) in [7, 11) is 0. The minimum atomic E-state index is -0.542. The third-order valence-electron chi connectivity index (χ3n) is 3.29. The average molecular weight is 317 g/mol. The van der Waals surface area contributed by atoms with Crippen LogP contribution in [0.3, 0.4) is 0 Å². The van der Waals surface area contributed by atoms with E-state index in [0.717, 1.165) is 12.3 Å². The van der Waals surface area contributed by atoms with Gasteiger partial charge in [-0.3, -0.25) is 4.79 Å². The molecule has 1 aliphatic rings. The monoisotopic (exact) mass is 316 g/mol. The summed E-state index contributed by atoms with van der Waals surface area (Å²) in [6.45, 7) is 2.31. The summed E-state index contributed by atoms with van der Waals surface area (Å²) in [6.07, 6.45) is 3.03. The number of anilines is 2. The van der Waals surface area contributed by atoms with Crippen LogP contribution in [0.1, 0.15) is 26.2 Å². The van der Waals surface area contributed by atoms with E-state index in [2.05, 4.69) is 5.32 Å². The number of carbonyl (C=O) groups is 1. The summed E-state index contributed by atoms with van der Waals surface area (Å²) in [4.78, 5) is 12.0. The Balaban J connectivity index is 1.89. The summed E-state index contributed by atoms with van der Waals surface area (Å²) < 4.78 is 5.51. The van der Waals surface area contributed by atoms with E-state index in [4.69, 9.17) is 33.7 Å². The van der Waals surface area contributed by atoms with Crippen LogP contribution in [0.5, 0.6) is 0 Å². The van der Waals surface area contributed by atoms with Gasteiger partial charge in [-0.1, -0.05) is 36.0 Å². The first-order valence-corrected chi connectivity index (χ1v) is 7.40. The second-order valence-corrected chi connectivity index (χ2v) is 5.93. The number of halogens is 2. The van der Waals surface area contributed by atoms with Gasteiger partial charge in [-0.2, -0.15) is 0 Å². The number of hydrogen-bond donors (Lipinski definition) is 2. The van der Waals surface area contributed by atoms with E-state index in [1.807, 2.05) is 0 Å². The van der Waals surface area contributed by atoms with Crippen LogP contribution in [0.2, 0.25) is 10.0 Å². The van der Waals surface area contributed by atoms with Gasteiger partial charge in [0, 0.05) is 11.6 Å². The lowest BCUT2D eigenvalue weighted by Crippen LogP contribution is -2.28. The van der Waals surface area contributed by atoms with E-state index in [-0.39, 0.29) is 5.91 Å². The highest BCUT2D eigenvalue weighted by molar-refractivity contribution is 6.37. The standard InChI is InChI=1S/C14H18Cl2N2O2/c1-8(20-5-4-9-2-3-9)14(19)18-13-11(16)6-10(15)7-12(13)17/h6-9H,2-5,17H2,1H3,(H,18,19). The maximum Gasteiger partial charge on any atom is 0.253 e. The second-order valence-electron chi connectivity index (χ2n) is 5.09. The molecule has 0 spiro atoms. The summed E-state index contributed by atoms with van der Waals surface area (Å²) >= 11 is 11.8. The Labute approximate surface area is 128 Å². The van der Waals surface area contributed by atoms with Crippen LogP contribution in [-0.4, -0.2) is 18.6 Å². The van der Waals surface area contributed by atoms with Gasteiger partial charge in [0.25, 0.3) is 5.91 Å². The lowest BCUT2D eigenvalue weighted by atomic mass is 10.2. The van der Waals surface area contributed by atoms with Crippen molar-refractivity contribution in [1.82, 2.24) is 0 Å². The lowest BCUT2D eigenvalue weighted by Gasteiger charge is -2.15. The highest BCUT2D eigenvalue weighted by atomic mass is 35.5. The quantitative estimate of drug-likeness (QED) is 0.786. The van der Waals surface area contributed by atoms with Crippen molar-refractivity contribution in [2.45, 2.75) is 32.3 Å². The third kappa shape index (κ3) is 4.27. The van der Waals surface area contributed by atoms with Gasteiger partial charge in [0.2, 0.25) is 0 Å². The first kappa shape index (κ1) is 15.4. The Hall–Kier alpha value is -0.970. The molecule has 0 heterocycles. The largest absolute Gasteiger partial charge is 0.397 e. The van der Waals surface area contributed by atoms with Crippen LogP contribution in [-0.2, 0) is 9.53 Å². The van der Waals surface area contributed by atoms with Crippen LogP contribution >= 0.6 is 23.2 Å². The van der Waals surface area contributed by atoms with E-state index < -0.39 is 6.10 Å². The summed E-state index contributed by atoms with van der Waals surface area (Å²) in [6, 6.07) is 3.08. The van der Waals surface area contributed by atoms with Gasteiger partial charge in [0.05, 0.1) is 16.4 Å². The number of nitrogens with one attached hydrogen (secondary N) is 1. The molecule has 20 heavy (non-hydrogen) atoms. The number of nitrogen functional groups attached to an aromatic ring is 1. The van der Waals surface area contributed by atoms with Crippen LogP contribution in [0.15, 0.2) is 12.1 Å². The molecule has 1 unspecified atom stereocenters. The fraction of sp³-hybridized carbons (Fsp3) is 0.500. The molecule has 0 aliphatic heterocycles. The Morgan fingerprint density at radius 1 is 1.50 bits per heavy atom. The minimum Gasteiger partial charge on any atom is -0.397 e. The molecule has 6 heteroatoms. The average Bonchev–Trinajstić information content (AvgIpc) is 3.17.